The summed E-state index contributed by atoms with van der Waals surface area (Å²) in [5.41, 5.74) is 10.3. The van der Waals surface area contributed by atoms with Crippen LogP contribution < -0.4 is 5.73 Å². The molecule has 0 amide bonds. The Balaban J connectivity index is 2.00. The third-order valence-electron chi connectivity index (χ3n) is 4.42. The Bertz CT molecular complexity index is 372. The molecule has 18 heavy (non-hydrogen) atoms. The van der Waals surface area contributed by atoms with Crippen molar-refractivity contribution in [2.24, 2.45) is 5.73 Å². The minimum absolute atomic E-state index is 0.440. The fourth-order valence-corrected chi connectivity index (χ4v) is 3.02. The van der Waals surface area contributed by atoms with E-state index >= 15 is 0 Å². The summed E-state index contributed by atoms with van der Waals surface area (Å²) in [5.74, 6) is 0. The molecule has 2 nitrogen and oxygen atoms in total. The zero-order valence-corrected chi connectivity index (χ0v) is 11.9. The molecule has 2 heteroatoms. The molecule has 0 aromatic heterocycles. The van der Waals surface area contributed by atoms with Crippen LogP contribution in [-0.4, -0.2) is 24.0 Å². The third kappa shape index (κ3) is 3.12. The SMILES string of the molecule is Cc1cccc(C)c1CN(C)C1CCC(N)CC1. The van der Waals surface area contributed by atoms with Gasteiger partial charge in [0.15, 0.2) is 0 Å². The highest BCUT2D eigenvalue weighted by atomic mass is 15.1. The Morgan fingerprint density at radius 1 is 1.11 bits per heavy atom. The molecule has 1 aliphatic carbocycles. The largest absolute Gasteiger partial charge is 0.328 e. The summed E-state index contributed by atoms with van der Waals surface area (Å²) in [4.78, 5) is 2.52. The second-order valence-corrected chi connectivity index (χ2v) is 5.85. The van der Waals surface area contributed by atoms with Crippen molar-refractivity contribution in [3.63, 3.8) is 0 Å². The van der Waals surface area contributed by atoms with Crippen LogP contribution in [0.2, 0.25) is 0 Å². The average Bonchev–Trinajstić information content (AvgIpc) is 2.34. The van der Waals surface area contributed by atoms with Gasteiger partial charge in [-0.05, 0) is 63.3 Å². The average molecular weight is 246 g/mol. The smallest absolute Gasteiger partial charge is 0.0238 e. The number of benzene rings is 1. The maximum atomic E-state index is 5.98. The molecule has 1 aliphatic rings. The lowest BCUT2D eigenvalue weighted by Crippen LogP contribution is -2.38. The van der Waals surface area contributed by atoms with Gasteiger partial charge in [0.2, 0.25) is 0 Å². The molecular formula is C16H26N2. The molecular weight excluding hydrogens is 220 g/mol. The molecule has 1 aromatic rings. The van der Waals surface area contributed by atoms with E-state index in [2.05, 4.69) is 44.0 Å². The van der Waals surface area contributed by atoms with Crippen molar-refractivity contribution in [3.8, 4) is 0 Å². The van der Waals surface area contributed by atoms with Crippen molar-refractivity contribution in [2.75, 3.05) is 7.05 Å². The minimum atomic E-state index is 0.440. The molecule has 0 spiro atoms. The second-order valence-electron chi connectivity index (χ2n) is 5.85. The monoisotopic (exact) mass is 246 g/mol. The molecule has 1 saturated carbocycles. The summed E-state index contributed by atoms with van der Waals surface area (Å²) in [5, 5.41) is 0. The van der Waals surface area contributed by atoms with E-state index in [0.717, 1.165) is 6.54 Å². The van der Waals surface area contributed by atoms with Crippen LogP contribution in [0.15, 0.2) is 18.2 Å². The summed E-state index contributed by atoms with van der Waals surface area (Å²) in [6, 6.07) is 7.73. The number of aryl methyl sites for hydroxylation is 2. The third-order valence-corrected chi connectivity index (χ3v) is 4.42. The topological polar surface area (TPSA) is 29.3 Å². The lowest BCUT2D eigenvalue weighted by atomic mass is 9.90. The first-order chi connectivity index (χ1) is 8.58. The highest BCUT2D eigenvalue weighted by Crippen LogP contribution is 2.24. The van der Waals surface area contributed by atoms with Crippen LogP contribution in [0.4, 0.5) is 0 Å². The van der Waals surface area contributed by atoms with E-state index in [1.165, 1.54) is 42.4 Å². The van der Waals surface area contributed by atoms with E-state index in [0.29, 0.717) is 12.1 Å². The minimum Gasteiger partial charge on any atom is -0.328 e. The normalized spacial score (nSPS) is 24.5. The standard InChI is InChI=1S/C16H26N2/c1-12-5-4-6-13(2)16(12)11-18(3)15-9-7-14(17)8-10-15/h4-6,14-15H,7-11,17H2,1-3H3. The Kier molecular flexibility index (Phi) is 4.41. The van der Waals surface area contributed by atoms with Crippen molar-refractivity contribution in [3.05, 3.63) is 34.9 Å². The van der Waals surface area contributed by atoms with Gasteiger partial charge in [-0.2, -0.15) is 0 Å². The molecule has 2 rings (SSSR count). The van der Waals surface area contributed by atoms with Crippen LogP contribution in [-0.2, 0) is 6.54 Å². The van der Waals surface area contributed by atoms with Gasteiger partial charge in [-0.3, -0.25) is 4.90 Å². The first-order valence-corrected chi connectivity index (χ1v) is 7.09. The Morgan fingerprint density at radius 2 is 1.67 bits per heavy atom. The predicted octanol–water partition coefficient (Wildman–Crippen LogP) is 3.01. The first kappa shape index (κ1) is 13.6. The number of hydrogen-bond donors (Lipinski definition) is 1. The molecule has 1 aromatic carbocycles. The van der Waals surface area contributed by atoms with Gasteiger partial charge in [-0.25, -0.2) is 0 Å². The predicted molar refractivity (Wildman–Crippen MR) is 77.6 cm³/mol. The van der Waals surface area contributed by atoms with Gasteiger partial charge < -0.3 is 5.73 Å². The van der Waals surface area contributed by atoms with Gasteiger partial charge in [0, 0.05) is 18.6 Å². The van der Waals surface area contributed by atoms with Gasteiger partial charge in [-0.15, -0.1) is 0 Å². The second kappa shape index (κ2) is 5.85. The lowest BCUT2D eigenvalue weighted by Gasteiger charge is -2.34. The Labute approximate surface area is 111 Å². The van der Waals surface area contributed by atoms with Crippen molar-refractivity contribution < 1.29 is 0 Å². The van der Waals surface area contributed by atoms with Gasteiger partial charge in [0.1, 0.15) is 0 Å². The van der Waals surface area contributed by atoms with E-state index in [1.807, 2.05) is 0 Å². The van der Waals surface area contributed by atoms with E-state index in [1.54, 1.807) is 0 Å². The quantitative estimate of drug-likeness (QED) is 0.888. The number of hydrogen-bond acceptors (Lipinski definition) is 2. The number of rotatable bonds is 3. The Hall–Kier alpha value is -0.860. The lowest BCUT2D eigenvalue weighted by molar-refractivity contribution is 0.176. The van der Waals surface area contributed by atoms with Gasteiger partial charge >= 0.3 is 0 Å². The van der Waals surface area contributed by atoms with E-state index < -0.39 is 0 Å². The van der Waals surface area contributed by atoms with Crippen LogP contribution >= 0.6 is 0 Å². The van der Waals surface area contributed by atoms with Crippen LogP contribution in [0, 0.1) is 13.8 Å². The van der Waals surface area contributed by atoms with Crippen LogP contribution in [0.1, 0.15) is 42.4 Å². The molecule has 0 aliphatic heterocycles. The summed E-state index contributed by atoms with van der Waals surface area (Å²) >= 11 is 0. The number of nitrogens with two attached hydrogens (primary N) is 1. The first-order valence-electron chi connectivity index (χ1n) is 7.09. The van der Waals surface area contributed by atoms with Crippen molar-refractivity contribution in [1.29, 1.82) is 0 Å². The summed E-state index contributed by atoms with van der Waals surface area (Å²) in [6.07, 6.45) is 4.87. The van der Waals surface area contributed by atoms with Crippen LogP contribution in [0.3, 0.4) is 0 Å². The molecule has 1 fully saturated rings. The molecule has 0 bridgehead atoms. The Morgan fingerprint density at radius 3 is 2.22 bits per heavy atom. The van der Waals surface area contributed by atoms with E-state index in [4.69, 9.17) is 5.73 Å². The van der Waals surface area contributed by atoms with Gasteiger partial charge in [0.25, 0.3) is 0 Å². The maximum absolute atomic E-state index is 5.98. The summed E-state index contributed by atoms with van der Waals surface area (Å²) in [6.45, 7) is 5.50. The molecule has 0 atom stereocenters. The van der Waals surface area contributed by atoms with Gasteiger partial charge in [0.05, 0.1) is 0 Å². The summed E-state index contributed by atoms with van der Waals surface area (Å²) < 4.78 is 0. The van der Waals surface area contributed by atoms with Crippen molar-refractivity contribution >= 4 is 0 Å². The highest BCUT2D eigenvalue weighted by Gasteiger charge is 2.22. The van der Waals surface area contributed by atoms with Crippen LogP contribution in [0.5, 0.6) is 0 Å². The fraction of sp³-hybridized carbons (Fsp3) is 0.625. The van der Waals surface area contributed by atoms with Crippen LogP contribution in [0.25, 0.3) is 0 Å². The van der Waals surface area contributed by atoms with Crippen molar-refractivity contribution in [2.45, 2.75) is 58.2 Å². The summed E-state index contributed by atoms with van der Waals surface area (Å²) in [7, 11) is 2.26. The zero-order chi connectivity index (χ0) is 13.1. The number of nitrogens with zero attached hydrogens (tertiary/aromatic N) is 1. The molecule has 100 valence electrons. The molecule has 0 heterocycles. The maximum Gasteiger partial charge on any atom is 0.0238 e. The van der Waals surface area contributed by atoms with E-state index in [9.17, 15) is 0 Å². The van der Waals surface area contributed by atoms with Gasteiger partial charge in [-0.1, -0.05) is 18.2 Å². The highest BCUT2D eigenvalue weighted by molar-refractivity contribution is 5.33. The fourth-order valence-electron chi connectivity index (χ4n) is 3.02. The zero-order valence-electron chi connectivity index (χ0n) is 11.9. The molecule has 0 saturated heterocycles. The van der Waals surface area contributed by atoms with E-state index in [-0.39, 0.29) is 0 Å². The molecule has 0 unspecified atom stereocenters. The molecule has 0 radical (unpaired) electrons. The van der Waals surface area contributed by atoms with Crippen molar-refractivity contribution in [1.82, 2.24) is 4.90 Å². The molecule has 2 N–H and O–H groups in total.